The molecule has 0 bridgehead atoms. The molecular weight excluding hydrogens is 400 g/mol. The zero-order valence-electron chi connectivity index (χ0n) is 13.1. The largest absolute Gasteiger partial charge is 0.524 e. The second-order valence-corrected chi connectivity index (χ2v) is 10.3. The lowest BCUT2D eigenvalue weighted by molar-refractivity contribution is -0.0663. The highest BCUT2D eigenvalue weighted by Gasteiger charge is 2.67. The maximum atomic E-state index is 13.9. The maximum absolute atomic E-state index is 13.9. The van der Waals surface area contributed by atoms with Gasteiger partial charge >= 0.3 is 21.1 Å². The molecule has 1 aromatic carbocycles. The Morgan fingerprint density at radius 3 is 1.80 bits per heavy atom. The van der Waals surface area contributed by atoms with Crippen molar-refractivity contribution in [3.8, 4) is 0 Å². The molecule has 0 spiro atoms. The van der Waals surface area contributed by atoms with Gasteiger partial charge in [-0.05, 0) is 35.5 Å². The van der Waals surface area contributed by atoms with Crippen LogP contribution in [-0.2, 0) is 23.3 Å². The Labute approximate surface area is 140 Å². The van der Waals surface area contributed by atoms with E-state index in [0.29, 0.717) is 19.2 Å². The number of nitrogens with zero attached hydrogens (tertiary/aromatic N) is 1. The van der Waals surface area contributed by atoms with E-state index in [0.717, 1.165) is 26.0 Å². The molecule has 0 aliphatic rings. The molecule has 0 aromatic heterocycles. The molecule has 5 nitrogen and oxygen atoms in total. The van der Waals surface area contributed by atoms with E-state index >= 15 is 0 Å². The summed E-state index contributed by atoms with van der Waals surface area (Å²) in [5.41, 5.74) is -12.2. The molecule has 0 heterocycles. The van der Waals surface area contributed by atoms with Gasteiger partial charge in [-0.2, -0.15) is 43.3 Å². The maximum Gasteiger partial charge on any atom is 0.524 e. The van der Waals surface area contributed by atoms with Crippen LogP contribution in [0.5, 0.6) is 0 Å². The lowest BCUT2D eigenvalue weighted by Crippen LogP contribution is -2.63. The van der Waals surface area contributed by atoms with Gasteiger partial charge in [0, 0.05) is 13.1 Å². The molecule has 0 fully saturated rings. The minimum atomic E-state index is -7.19. The van der Waals surface area contributed by atoms with Crippen molar-refractivity contribution >= 4 is 19.7 Å². The number of hydrogen-bond donors (Lipinski definition) is 0. The second-order valence-electron chi connectivity index (χ2n) is 5.20. The molecule has 0 radical (unpaired) electrons. The summed E-state index contributed by atoms with van der Waals surface area (Å²) in [5, 5.41) is 0. The van der Waals surface area contributed by atoms with Crippen LogP contribution in [0.3, 0.4) is 0 Å². The van der Waals surface area contributed by atoms with Crippen LogP contribution in [0.15, 0.2) is 35.2 Å². The molecule has 0 amide bonds. The third kappa shape index (κ3) is 3.29. The highest BCUT2D eigenvalue weighted by atomic mass is 32.3. The highest BCUT2D eigenvalue weighted by Crippen LogP contribution is 2.55. The van der Waals surface area contributed by atoms with E-state index in [9.17, 15) is 39.0 Å². The number of benzene rings is 1. The molecule has 0 N–H and O–H groups in total. The summed E-state index contributed by atoms with van der Waals surface area (Å²) < 4.78 is 119. The van der Waals surface area contributed by atoms with Crippen molar-refractivity contribution in [2.24, 2.45) is 0 Å². The highest BCUT2D eigenvalue weighted by molar-refractivity contribution is 8.19. The van der Waals surface area contributed by atoms with Crippen LogP contribution in [0.25, 0.3) is 0 Å². The van der Waals surface area contributed by atoms with E-state index in [1.54, 1.807) is 0 Å². The third-order valence-corrected chi connectivity index (χ3v) is 9.00. The minimum absolute atomic E-state index is 0.0458. The van der Waals surface area contributed by atoms with Gasteiger partial charge in [0.2, 0.25) is 0 Å². The van der Waals surface area contributed by atoms with Gasteiger partial charge in [-0.1, -0.05) is 18.2 Å². The molecular formula is C12H15F6NO4S2. The Kier molecular flexibility index (Phi) is 5.43. The van der Waals surface area contributed by atoms with Gasteiger partial charge in [0.1, 0.15) is 0 Å². The summed E-state index contributed by atoms with van der Waals surface area (Å²) in [4.78, 5) is -1.25. The first kappa shape index (κ1) is 21.9. The fourth-order valence-corrected chi connectivity index (χ4v) is 6.81. The smallest absolute Gasteiger partial charge is 0.199 e. The Morgan fingerprint density at radius 2 is 1.48 bits per heavy atom. The standard InChI is InChI=1S/C12H15F6NO4S2/c1-9(2)19(3)25(22,12(16,17)18,10-7-5-4-6-8-10)23-24(20,21)11(13,14)15/h4-9H,1-3H3. The van der Waals surface area contributed by atoms with Crippen LogP contribution in [0, 0.1) is 0 Å². The normalized spacial score (nSPS) is 16.0. The molecule has 146 valence electrons. The van der Waals surface area contributed by atoms with Gasteiger partial charge in [-0.3, -0.25) is 0 Å². The molecule has 0 saturated carbocycles. The van der Waals surface area contributed by atoms with E-state index < -0.39 is 41.6 Å². The summed E-state index contributed by atoms with van der Waals surface area (Å²) in [6.07, 6.45) is 0. The molecule has 13 heteroatoms. The molecule has 25 heavy (non-hydrogen) atoms. The Hall–Kier alpha value is -1.18. The van der Waals surface area contributed by atoms with E-state index in [-0.39, 0.29) is 4.31 Å². The van der Waals surface area contributed by atoms with E-state index in [1.807, 2.05) is 0 Å². The molecule has 0 atom stereocenters. The van der Waals surface area contributed by atoms with E-state index in [4.69, 9.17) is 0 Å². The van der Waals surface area contributed by atoms with Crippen molar-refractivity contribution in [1.82, 2.24) is 4.31 Å². The van der Waals surface area contributed by atoms with Crippen LogP contribution < -0.4 is 0 Å². The predicted octanol–water partition coefficient (Wildman–Crippen LogP) is 3.42. The number of alkyl halides is 6. The molecule has 1 aromatic rings. The summed E-state index contributed by atoms with van der Waals surface area (Å²) in [7, 11) is -13.5. The minimum Gasteiger partial charge on any atom is -0.199 e. The van der Waals surface area contributed by atoms with Crippen LogP contribution >= 0.6 is 0 Å². The van der Waals surface area contributed by atoms with Crippen molar-refractivity contribution in [1.29, 1.82) is 0 Å². The first-order valence-electron chi connectivity index (χ1n) is 6.53. The van der Waals surface area contributed by atoms with Crippen molar-refractivity contribution in [2.75, 3.05) is 7.05 Å². The molecule has 0 saturated heterocycles. The first-order valence-corrected chi connectivity index (χ1v) is 9.79. The summed E-state index contributed by atoms with van der Waals surface area (Å²) >= 11 is 0. The van der Waals surface area contributed by atoms with E-state index in [1.165, 1.54) is 6.07 Å². The topological polar surface area (TPSA) is 63.7 Å². The summed E-state index contributed by atoms with van der Waals surface area (Å²) in [6.45, 7) is 2.18. The fraction of sp³-hybridized carbons (Fsp3) is 0.500. The van der Waals surface area contributed by atoms with Crippen molar-refractivity contribution < 1.29 is 42.6 Å². The van der Waals surface area contributed by atoms with Crippen LogP contribution in [0.1, 0.15) is 13.8 Å². The molecule has 1 rings (SSSR count). The summed E-state index contributed by atoms with van der Waals surface area (Å²) in [6, 6.07) is 3.04. The Balaban J connectivity index is 4.00. The van der Waals surface area contributed by atoms with Crippen LogP contribution in [-0.4, -0.2) is 41.0 Å². The summed E-state index contributed by atoms with van der Waals surface area (Å²) in [5.74, 6) is 0. The zero-order valence-corrected chi connectivity index (χ0v) is 14.8. The molecule has 0 aliphatic heterocycles. The number of hydrogen-bond acceptors (Lipinski definition) is 4. The first-order chi connectivity index (χ1) is 11.0. The average Bonchev–Trinajstić information content (AvgIpc) is 2.44. The van der Waals surface area contributed by atoms with Gasteiger partial charge in [0.25, 0.3) is 0 Å². The van der Waals surface area contributed by atoms with Gasteiger partial charge in [-0.15, -0.1) is 3.63 Å². The Bertz CT molecular complexity index is 788. The lowest BCUT2D eigenvalue weighted by Gasteiger charge is -2.54. The monoisotopic (exact) mass is 415 g/mol. The molecule has 0 aliphatic carbocycles. The fourth-order valence-electron chi connectivity index (χ4n) is 1.84. The zero-order chi connectivity index (χ0) is 19.9. The van der Waals surface area contributed by atoms with Crippen molar-refractivity contribution in [2.45, 2.75) is 35.8 Å². The SMILES string of the molecule is CC(C)N(C)S(=O)(OS(=O)(=O)C(F)(F)F)(c1ccccc1)C(F)(F)F. The van der Waals surface area contributed by atoms with Crippen molar-refractivity contribution in [3.05, 3.63) is 30.3 Å². The quantitative estimate of drug-likeness (QED) is 0.546. The Morgan fingerprint density at radius 1 is 1.04 bits per heavy atom. The molecule has 0 unspecified atom stereocenters. The van der Waals surface area contributed by atoms with Crippen LogP contribution in [0.2, 0.25) is 0 Å². The van der Waals surface area contributed by atoms with Crippen molar-refractivity contribution in [3.63, 3.8) is 0 Å². The van der Waals surface area contributed by atoms with Gasteiger partial charge in [0.05, 0.1) is 4.90 Å². The second kappa shape index (κ2) is 6.21. The van der Waals surface area contributed by atoms with Gasteiger partial charge < -0.3 is 0 Å². The average molecular weight is 415 g/mol. The number of halogens is 6. The van der Waals surface area contributed by atoms with Gasteiger partial charge in [-0.25, -0.2) is 0 Å². The number of rotatable bonds is 5. The van der Waals surface area contributed by atoms with Crippen LogP contribution in [0.4, 0.5) is 26.3 Å². The lowest BCUT2D eigenvalue weighted by atomic mass is 10.4. The predicted molar refractivity (Wildman–Crippen MR) is 77.9 cm³/mol. The van der Waals surface area contributed by atoms with Gasteiger partial charge in [0.15, 0.2) is 0 Å². The third-order valence-electron chi connectivity index (χ3n) is 3.32. The van der Waals surface area contributed by atoms with E-state index in [2.05, 4.69) is 3.63 Å².